The van der Waals surface area contributed by atoms with Crippen LogP contribution in [0.4, 0.5) is 26.3 Å². The fourth-order valence-electron chi connectivity index (χ4n) is 6.40. The van der Waals surface area contributed by atoms with Crippen LogP contribution in [0.2, 0.25) is 0 Å². The van der Waals surface area contributed by atoms with Crippen LogP contribution in [0.25, 0.3) is 0 Å². The second-order valence-corrected chi connectivity index (χ2v) is 14.8. The van der Waals surface area contributed by atoms with E-state index in [9.17, 15) is 26.3 Å². The second kappa shape index (κ2) is 14.9. The highest BCUT2D eigenvalue weighted by Gasteiger charge is 2.49. The lowest BCUT2D eigenvalue weighted by Gasteiger charge is -2.32. The summed E-state index contributed by atoms with van der Waals surface area (Å²) in [4.78, 5) is 0. The molecule has 0 heterocycles. The van der Waals surface area contributed by atoms with Crippen LogP contribution in [0, 0.1) is 0 Å². The maximum absolute atomic E-state index is 15.0. The summed E-state index contributed by atoms with van der Waals surface area (Å²) in [5.74, 6) is 1.23. The molecular weight excluding hydrogens is 589 g/mol. The number of alkyl halides is 6. The highest BCUT2D eigenvalue weighted by Crippen LogP contribution is 2.50. The number of halogens is 6. The Morgan fingerprint density at radius 2 is 1.20 bits per heavy atom. The van der Waals surface area contributed by atoms with Crippen molar-refractivity contribution in [3.8, 4) is 5.75 Å². The molecule has 40 heavy (non-hydrogen) atoms. The average Bonchev–Trinajstić information content (AvgIpc) is 2.96. The van der Waals surface area contributed by atoms with Gasteiger partial charge in [-0.3, -0.25) is 0 Å². The Morgan fingerprint density at radius 1 is 0.750 bits per heavy atom. The van der Waals surface area contributed by atoms with Gasteiger partial charge in [-0.2, -0.15) is 17.6 Å². The molecule has 0 spiro atoms. The minimum absolute atomic E-state index is 0.128. The van der Waals surface area contributed by atoms with Crippen molar-refractivity contribution in [1.82, 2.24) is 4.13 Å². The molecule has 1 aromatic carbocycles. The van der Waals surface area contributed by atoms with Crippen LogP contribution < -0.4 is 8.31 Å². The van der Waals surface area contributed by atoms with Crippen molar-refractivity contribution in [1.29, 1.82) is 0 Å². The fourth-order valence-corrected chi connectivity index (χ4v) is 8.52. The normalized spacial score (nSPS) is 22.3. The summed E-state index contributed by atoms with van der Waals surface area (Å²) in [7, 11) is 0. The second-order valence-electron chi connectivity index (χ2n) is 11.6. The molecule has 2 nitrogen and oxygen atoms in total. The third-order valence-corrected chi connectivity index (χ3v) is 10.7. The van der Waals surface area contributed by atoms with Gasteiger partial charge < -0.3 is 4.18 Å². The molecule has 0 saturated heterocycles. The van der Waals surface area contributed by atoms with Crippen molar-refractivity contribution in [3.05, 3.63) is 28.8 Å². The summed E-state index contributed by atoms with van der Waals surface area (Å²) in [6, 6.07) is 4.33. The van der Waals surface area contributed by atoms with Gasteiger partial charge in [0.1, 0.15) is 17.8 Å². The molecule has 4 rings (SSSR count). The van der Waals surface area contributed by atoms with Crippen LogP contribution in [-0.4, -0.2) is 22.2 Å². The zero-order chi connectivity index (χ0) is 28.8. The maximum atomic E-state index is 15.0. The van der Waals surface area contributed by atoms with Gasteiger partial charge in [0, 0.05) is 18.9 Å². The minimum Gasteiger partial charge on any atom is -0.419 e. The van der Waals surface area contributed by atoms with Crippen molar-refractivity contribution >= 4 is 35.9 Å². The molecule has 0 aliphatic heterocycles. The highest BCUT2D eigenvalue weighted by molar-refractivity contribution is 8.13. The molecule has 3 aliphatic rings. The highest BCUT2D eigenvalue weighted by atomic mass is 32.2. The lowest BCUT2D eigenvalue weighted by Crippen LogP contribution is -2.35. The van der Waals surface area contributed by atoms with Crippen LogP contribution in [0.3, 0.4) is 0 Å². The monoisotopic (exact) mass is 629 g/mol. The SMILES string of the molecule is CC(F)(F)SNSC(F)C(F)C(F)(F)SOc1c(C2CCCCC2)cc(C2CCCCC2)cc1C1CCCCC1. The molecular formula is C29H41F6NOS3. The van der Waals surface area contributed by atoms with Crippen LogP contribution in [0.5, 0.6) is 5.75 Å². The van der Waals surface area contributed by atoms with E-state index in [1.807, 2.05) is 4.13 Å². The number of nitrogens with one attached hydrogen (secondary N) is 1. The van der Waals surface area contributed by atoms with Crippen LogP contribution in [0.1, 0.15) is 138 Å². The molecule has 2 atom stereocenters. The number of rotatable bonds is 12. The smallest absolute Gasteiger partial charge is 0.362 e. The van der Waals surface area contributed by atoms with E-state index in [-0.39, 0.29) is 47.8 Å². The molecule has 11 heteroatoms. The van der Waals surface area contributed by atoms with Crippen molar-refractivity contribution < 1.29 is 30.5 Å². The van der Waals surface area contributed by atoms with Crippen molar-refractivity contribution in [2.45, 2.75) is 143 Å². The zero-order valence-electron chi connectivity index (χ0n) is 23.0. The molecule has 3 fully saturated rings. The molecule has 3 aliphatic carbocycles. The summed E-state index contributed by atoms with van der Waals surface area (Å²) < 4.78 is 92.4. The van der Waals surface area contributed by atoms with Gasteiger partial charge in [0.05, 0.1) is 0 Å². The van der Waals surface area contributed by atoms with Crippen molar-refractivity contribution in [3.63, 3.8) is 0 Å². The molecule has 3 saturated carbocycles. The molecule has 228 valence electrons. The van der Waals surface area contributed by atoms with E-state index >= 15 is 0 Å². The third kappa shape index (κ3) is 9.06. The molecule has 0 amide bonds. The summed E-state index contributed by atoms with van der Waals surface area (Å²) in [5.41, 5.74) is 0.392. The van der Waals surface area contributed by atoms with Crippen LogP contribution >= 0.6 is 35.9 Å². The summed E-state index contributed by atoms with van der Waals surface area (Å²) in [5, 5.41) is -7.48. The number of hydrogen-bond acceptors (Lipinski definition) is 5. The third-order valence-electron chi connectivity index (χ3n) is 8.50. The predicted octanol–water partition coefficient (Wildman–Crippen LogP) is 11.6. The van der Waals surface area contributed by atoms with E-state index in [0.29, 0.717) is 18.6 Å². The quantitative estimate of drug-likeness (QED) is 0.141. The van der Waals surface area contributed by atoms with E-state index < -0.39 is 22.2 Å². The first-order valence-electron chi connectivity index (χ1n) is 14.7. The maximum Gasteiger partial charge on any atom is 0.362 e. The van der Waals surface area contributed by atoms with Gasteiger partial charge in [-0.05, 0) is 84.9 Å². The Labute approximate surface area is 247 Å². The van der Waals surface area contributed by atoms with Crippen molar-refractivity contribution in [2.24, 2.45) is 0 Å². The number of benzene rings is 1. The van der Waals surface area contributed by atoms with Gasteiger partial charge in [0.2, 0.25) is 6.17 Å². The van der Waals surface area contributed by atoms with Gasteiger partial charge >= 0.3 is 10.5 Å². The molecule has 2 unspecified atom stereocenters. The predicted molar refractivity (Wildman–Crippen MR) is 156 cm³/mol. The zero-order valence-corrected chi connectivity index (χ0v) is 25.5. The fraction of sp³-hybridized carbons (Fsp3) is 0.793. The van der Waals surface area contributed by atoms with Gasteiger partial charge in [-0.15, -0.1) is 0 Å². The van der Waals surface area contributed by atoms with E-state index in [4.69, 9.17) is 4.18 Å². The van der Waals surface area contributed by atoms with Gasteiger partial charge in [-0.25, -0.2) is 12.9 Å². The Hall–Kier alpha value is -0.390. The van der Waals surface area contributed by atoms with Gasteiger partial charge in [0.25, 0.3) is 0 Å². The molecule has 0 aromatic heterocycles. The summed E-state index contributed by atoms with van der Waals surface area (Å²) in [6.45, 7) is 0.567. The Bertz CT molecular complexity index is 892. The first-order chi connectivity index (χ1) is 19.0. The molecule has 0 radical (unpaired) electrons. The average molecular weight is 630 g/mol. The molecule has 1 N–H and O–H groups in total. The topological polar surface area (TPSA) is 21.3 Å². The van der Waals surface area contributed by atoms with Crippen LogP contribution in [0.15, 0.2) is 12.1 Å². The van der Waals surface area contributed by atoms with E-state index in [1.54, 1.807) is 0 Å². The van der Waals surface area contributed by atoms with E-state index in [1.165, 1.54) is 24.8 Å². The largest absolute Gasteiger partial charge is 0.419 e. The summed E-state index contributed by atoms with van der Waals surface area (Å²) >= 11 is -0.629. The minimum atomic E-state index is -4.22. The Balaban J connectivity index is 1.60. The van der Waals surface area contributed by atoms with Crippen LogP contribution in [-0.2, 0) is 0 Å². The van der Waals surface area contributed by atoms with E-state index in [2.05, 4.69) is 12.1 Å². The van der Waals surface area contributed by atoms with Gasteiger partial charge in [-0.1, -0.05) is 69.9 Å². The molecule has 1 aromatic rings. The Kier molecular flexibility index (Phi) is 12.1. The first-order valence-corrected chi connectivity index (χ1v) is 17.1. The molecule has 0 bridgehead atoms. The standard InChI is InChI=1S/C29H41F6NOS3/c1-28(32,33)39-36-38-27(31)26(30)29(34,35)40-37-25-23(20-13-7-3-8-14-20)17-22(19-11-5-2-6-12-19)18-24(25)21-15-9-4-10-16-21/h17-21,26-27,36H,2-16H2,1H3. The van der Waals surface area contributed by atoms with Gasteiger partial charge in [0.15, 0.2) is 5.50 Å². The lowest BCUT2D eigenvalue weighted by atomic mass is 9.75. The van der Waals surface area contributed by atoms with E-state index in [0.717, 1.165) is 88.2 Å². The Morgan fingerprint density at radius 3 is 1.65 bits per heavy atom. The summed E-state index contributed by atoms with van der Waals surface area (Å²) in [6.07, 6.45) is 13.0. The van der Waals surface area contributed by atoms with Crippen molar-refractivity contribution in [2.75, 3.05) is 0 Å². The first kappa shape index (κ1) is 32.5. The number of hydrogen-bond donors (Lipinski definition) is 1. The lowest BCUT2D eigenvalue weighted by molar-refractivity contribution is -0.00789.